The smallest absolute Gasteiger partial charge is 0.252 e. The fourth-order valence-electron chi connectivity index (χ4n) is 3.08. The molecule has 4 heteroatoms. The third-order valence-corrected chi connectivity index (χ3v) is 4.55. The Bertz CT molecular complexity index is 676. The number of pyridine rings is 1. The van der Waals surface area contributed by atoms with E-state index in [1.807, 2.05) is 6.07 Å². The van der Waals surface area contributed by atoms with E-state index in [-0.39, 0.29) is 5.91 Å². The second-order valence-electron chi connectivity index (χ2n) is 6.49. The van der Waals surface area contributed by atoms with Gasteiger partial charge in [-0.2, -0.15) is 0 Å². The van der Waals surface area contributed by atoms with Crippen LogP contribution in [-0.2, 0) is 0 Å². The van der Waals surface area contributed by atoms with Crippen LogP contribution in [0.15, 0.2) is 42.7 Å². The molecule has 1 amide bonds. The van der Waals surface area contributed by atoms with Gasteiger partial charge in [-0.3, -0.25) is 9.78 Å². The van der Waals surface area contributed by atoms with Crippen molar-refractivity contribution >= 4 is 5.91 Å². The van der Waals surface area contributed by atoms with Gasteiger partial charge in [0, 0.05) is 31.0 Å². The summed E-state index contributed by atoms with van der Waals surface area (Å²) >= 11 is 0. The number of carbonyl (C=O) groups is 1. The van der Waals surface area contributed by atoms with Crippen LogP contribution in [0.2, 0.25) is 0 Å². The molecule has 1 fully saturated rings. The Morgan fingerprint density at radius 1 is 1.08 bits per heavy atom. The Kier molecular flexibility index (Phi) is 5.59. The Morgan fingerprint density at radius 2 is 1.83 bits per heavy atom. The maximum absolute atomic E-state index is 12.4. The van der Waals surface area contributed by atoms with Crippen molar-refractivity contribution in [3.8, 4) is 11.1 Å². The molecule has 126 valence electrons. The molecular formula is C20H25N3O. The van der Waals surface area contributed by atoms with Crippen molar-refractivity contribution in [3.05, 3.63) is 53.9 Å². The molecule has 2 aromatic rings. The van der Waals surface area contributed by atoms with Gasteiger partial charge in [-0.05, 0) is 44.5 Å². The highest BCUT2D eigenvalue weighted by atomic mass is 16.1. The van der Waals surface area contributed by atoms with E-state index >= 15 is 0 Å². The summed E-state index contributed by atoms with van der Waals surface area (Å²) in [5, 5.41) is 3.01. The predicted octanol–water partition coefficient (Wildman–Crippen LogP) is 3.27. The molecule has 2 heterocycles. The van der Waals surface area contributed by atoms with E-state index in [2.05, 4.69) is 46.4 Å². The number of nitrogens with zero attached hydrogens (tertiary/aromatic N) is 2. The number of rotatable bonds is 5. The maximum atomic E-state index is 12.4. The Hall–Kier alpha value is -2.20. The first-order valence-corrected chi connectivity index (χ1v) is 8.75. The summed E-state index contributed by atoms with van der Waals surface area (Å²) < 4.78 is 0. The third kappa shape index (κ3) is 4.42. The number of amides is 1. The quantitative estimate of drug-likeness (QED) is 0.918. The summed E-state index contributed by atoms with van der Waals surface area (Å²) in [4.78, 5) is 19.0. The van der Waals surface area contributed by atoms with Gasteiger partial charge >= 0.3 is 0 Å². The number of carbonyl (C=O) groups excluding carboxylic acids is 1. The Balaban J connectivity index is 1.58. The van der Waals surface area contributed by atoms with Crippen molar-refractivity contribution in [2.75, 3.05) is 26.2 Å². The summed E-state index contributed by atoms with van der Waals surface area (Å²) in [6, 6.07) is 10.2. The normalized spacial score (nSPS) is 15.2. The lowest BCUT2D eigenvalue weighted by Gasteiger charge is -2.26. The summed E-state index contributed by atoms with van der Waals surface area (Å²) in [6.07, 6.45) is 7.32. The van der Waals surface area contributed by atoms with Gasteiger partial charge < -0.3 is 10.2 Å². The van der Waals surface area contributed by atoms with Crippen LogP contribution in [-0.4, -0.2) is 42.0 Å². The number of hydrogen-bond donors (Lipinski definition) is 1. The van der Waals surface area contributed by atoms with Crippen LogP contribution >= 0.6 is 0 Å². The van der Waals surface area contributed by atoms with Crippen molar-refractivity contribution < 1.29 is 4.79 Å². The highest BCUT2D eigenvalue weighted by Crippen LogP contribution is 2.19. The van der Waals surface area contributed by atoms with Crippen molar-refractivity contribution in [3.63, 3.8) is 0 Å². The first kappa shape index (κ1) is 16.7. The molecule has 4 nitrogen and oxygen atoms in total. The van der Waals surface area contributed by atoms with Crippen LogP contribution < -0.4 is 5.32 Å². The number of benzene rings is 1. The van der Waals surface area contributed by atoms with Gasteiger partial charge in [-0.1, -0.05) is 36.2 Å². The zero-order valence-electron chi connectivity index (χ0n) is 14.3. The average molecular weight is 323 g/mol. The van der Waals surface area contributed by atoms with E-state index in [0.29, 0.717) is 12.1 Å². The number of piperidine rings is 1. The van der Waals surface area contributed by atoms with Crippen molar-refractivity contribution in [1.82, 2.24) is 15.2 Å². The molecule has 24 heavy (non-hydrogen) atoms. The first-order valence-electron chi connectivity index (χ1n) is 8.75. The molecule has 1 aromatic carbocycles. The highest BCUT2D eigenvalue weighted by molar-refractivity contribution is 5.95. The fourth-order valence-corrected chi connectivity index (χ4v) is 3.08. The van der Waals surface area contributed by atoms with Crippen molar-refractivity contribution in [2.45, 2.75) is 26.2 Å². The highest BCUT2D eigenvalue weighted by Gasteiger charge is 2.11. The molecule has 0 saturated carbocycles. The molecular weight excluding hydrogens is 298 g/mol. The van der Waals surface area contributed by atoms with Crippen LogP contribution in [0.4, 0.5) is 0 Å². The molecule has 0 atom stereocenters. The number of aromatic nitrogens is 1. The molecule has 1 N–H and O–H groups in total. The summed E-state index contributed by atoms with van der Waals surface area (Å²) in [5.41, 5.74) is 3.89. The molecule has 0 unspecified atom stereocenters. The van der Waals surface area contributed by atoms with Crippen LogP contribution in [0.3, 0.4) is 0 Å². The SMILES string of the molecule is Cc1ccc(-c2cncc(C(=O)NCCN3CCCCC3)c2)cc1. The second kappa shape index (κ2) is 8.06. The summed E-state index contributed by atoms with van der Waals surface area (Å²) in [7, 11) is 0. The molecule has 0 spiro atoms. The topological polar surface area (TPSA) is 45.2 Å². The first-order chi connectivity index (χ1) is 11.7. The zero-order chi connectivity index (χ0) is 16.8. The fraction of sp³-hybridized carbons (Fsp3) is 0.400. The number of hydrogen-bond acceptors (Lipinski definition) is 3. The molecule has 1 aliphatic rings. The molecule has 1 aromatic heterocycles. The predicted molar refractivity (Wildman–Crippen MR) is 97.0 cm³/mol. The lowest BCUT2D eigenvalue weighted by atomic mass is 10.0. The van der Waals surface area contributed by atoms with E-state index in [0.717, 1.165) is 30.8 Å². The van der Waals surface area contributed by atoms with Crippen molar-refractivity contribution in [1.29, 1.82) is 0 Å². The number of aryl methyl sites for hydroxylation is 1. The molecule has 1 aliphatic heterocycles. The van der Waals surface area contributed by atoms with Crippen molar-refractivity contribution in [2.24, 2.45) is 0 Å². The Morgan fingerprint density at radius 3 is 2.58 bits per heavy atom. The lowest BCUT2D eigenvalue weighted by Crippen LogP contribution is -2.37. The van der Waals surface area contributed by atoms with E-state index in [9.17, 15) is 4.79 Å². The second-order valence-corrected chi connectivity index (χ2v) is 6.49. The molecule has 0 bridgehead atoms. The standard InChI is InChI=1S/C20H25N3O/c1-16-5-7-17(8-6-16)18-13-19(15-21-14-18)20(24)22-9-12-23-10-3-2-4-11-23/h5-8,13-15H,2-4,9-12H2,1H3,(H,22,24). The van der Waals surface area contributed by atoms with Gasteiger partial charge in [0.15, 0.2) is 0 Å². The monoisotopic (exact) mass is 323 g/mol. The average Bonchev–Trinajstić information content (AvgIpc) is 2.63. The van der Waals surface area contributed by atoms with Gasteiger partial charge in [0.2, 0.25) is 0 Å². The van der Waals surface area contributed by atoms with Gasteiger partial charge in [-0.25, -0.2) is 0 Å². The lowest BCUT2D eigenvalue weighted by molar-refractivity contribution is 0.0946. The zero-order valence-corrected chi connectivity index (χ0v) is 14.3. The van der Waals surface area contributed by atoms with E-state index in [1.54, 1.807) is 12.4 Å². The van der Waals surface area contributed by atoms with Crippen LogP contribution in [0.25, 0.3) is 11.1 Å². The summed E-state index contributed by atoms with van der Waals surface area (Å²) in [6.45, 7) is 5.99. The van der Waals surface area contributed by atoms with Gasteiger partial charge in [0.25, 0.3) is 5.91 Å². The number of likely N-dealkylation sites (tertiary alicyclic amines) is 1. The largest absolute Gasteiger partial charge is 0.351 e. The van der Waals surface area contributed by atoms with E-state index < -0.39 is 0 Å². The number of nitrogens with one attached hydrogen (secondary N) is 1. The maximum Gasteiger partial charge on any atom is 0.252 e. The molecule has 0 radical (unpaired) electrons. The third-order valence-electron chi connectivity index (χ3n) is 4.55. The minimum Gasteiger partial charge on any atom is -0.351 e. The Labute approximate surface area is 143 Å². The van der Waals surface area contributed by atoms with Crippen LogP contribution in [0, 0.1) is 6.92 Å². The van der Waals surface area contributed by atoms with Crippen LogP contribution in [0.1, 0.15) is 35.2 Å². The van der Waals surface area contributed by atoms with E-state index in [1.165, 1.54) is 24.8 Å². The minimum absolute atomic E-state index is 0.0477. The van der Waals surface area contributed by atoms with E-state index in [4.69, 9.17) is 0 Å². The molecule has 3 rings (SSSR count). The van der Waals surface area contributed by atoms with Crippen LogP contribution in [0.5, 0.6) is 0 Å². The molecule has 1 saturated heterocycles. The minimum atomic E-state index is -0.0477. The molecule has 0 aliphatic carbocycles. The van der Waals surface area contributed by atoms with Gasteiger partial charge in [0.05, 0.1) is 5.56 Å². The van der Waals surface area contributed by atoms with Gasteiger partial charge in [0.1, 0.15) is 0 Å². The van der Waals surface area contributed by atoms with Gasteiger partial charge in [-0.15, -0.1) is 0 Å². The summed E-state index contributed by atoms with van der Waals surface area (Å²) in [5.74, 6) is -0.0477.